The predicted octanol–water partition coefficient (Wildman–Crippen LogP) is 6.74. The Morgan fingerprint density at radius 2 is 0.733 bits per heavy atom. The second kappa shape index (κ2) is 25.9. The number of methoxy groups -OCH3 is 1. The van der Waals surface area contributed by atoms with Gasteiger partial charge in [0, 0.05) is 14.4 Å². The number of halogens is 1. The van der Waals surface area contributed by atoms with Gasteiger partial charge >= 0.3 is 0 Å². The largest absolute Gasteiger partial charge is 1.00 e. The maximum atomic E-state index is 5.60. The highest BCUT2D eigenvalue weighted by Crippen LogP contribution is 2.60. The van der Waals surface area contributed by atoms with Crippen LogP contribution in [0.15, 0.2) is 0 Å². The molecule has 0 bridgehead atoms. The average Bonchev–Trinajstić information content (AvgIpc) is 2.74. The van der Waals surface area contributed by atoms with Gasteiger partial charge in [-0.3, -0.25) is 0 Å². The minimum absolute atomic E-state index is 0. The van der Waals surface area contributed by atoms with Gasteiger partial charge in [-0.25, -0.2) is 0 Å². The zero-order valence-electron chi connectivity index (χ0n) is 21.5. The molecule has 0 unspecified atom stereocenters. The molecule has 0 aromatic carbocycles. The van der Waals surface area contributed by atoms with Crippen molar-refractivity contribution in [1.82, 2.24) is 0 Å². The molecule has 3 heteroatoms. The summed E-state index contributed by atoms with van der Waals surface area (Å²) in [5.74, 6) is 0. The highest BCUT2D eigenvalue weighted by Gasteiger charge is 2.35. The SMILES string of the molecule is CCCCCCCC[P+](CCCCCCCC)(CCCCCCCC)CCOC.[Cl-]. The maximum absolute atomic E-state index is 5.60. The van der Waals surface area contributed by atoms with E-state index in [1.54, 1.807) is 18.5 Å². The van der Waals surface area contributed by atoms with Gasteiger partial charge in [0.25, 0.3) is 0 Å². The molecule has 0 saturated carbocycles. The average molecular weight is 465 g/mol. The molecule has 0 saturated heterocycles. The first kappa shape index (κ1) is 32.9. The Labute approximate surface area is 199 Å². The van der Waals surface area contributed by atoms with Gasteiger partial charge in [0.05, 0.1) is 31.3 Å². The molecule has 0 fully saturated rings. The van der Waals surface area contributed by atoms with Gasteiger partial charge in [-0.15, -0.1) is 0 Å². The third-order valence-corrected chi connectivity index (χ3v) is 11.7. The Morgan fingerprint density at radius 3 is 1.03 bits per heavy atom. The molecule has 0 heterocycles. The van der Waals surface area contributed by atoms with E-state index in [4.69, 9.17) is 4.74 Å². The van der Waals surface area contributed by atoms with Crippen LogP contribution in [0, 0.1) is 0 Å². The first-order chi connectivity index (χ1) is 14.2. The summed E-state index contributed by atoms with van der Waals surface area (Å²) in [4.78, 5) is 0. The second-order valence-corrected chi connectivity index (χ2v) is 14.0. The van der Waals surface area contributed by atoms with Crippen LogP contribution < -0.4 is 12.4 Å². The molecule has 0 radical (unpaired) electrons. The molecule has 0 aromatic heterocycles. The van der Waals surface area contributed by atoms with Crippen molar-refractivity contribution in [3.8, 4) is 0 Å². The van der Waals surface area contributed by atoms with Gasteiger partial charge in [-0.1, -0.05) is 97.8 Å². The van der Waals surface area contributed by atoms with Crippen LogP contribution in [0.1, 0.15) is 136 Å². The van der Waals surface area contributed by atoms with E-state index in [1.807, 2.05) is 7.11 Å². The Kier molecular flexibility index (Phi) is 28.4. The molecule has 30 heavy (non-hydrogen) atoms. The Hall–Kier alpha value is 0.680. The fourth-order valence-electron chi connectivity index (χ4n) is 4.64. The highest BCUT2D eigenvalue weighted by atomic mass is 35.5. The zero-order chi connectivity index (χ0) is 21.5. The van der Waals surface area contributed by atoms with Gasteiger partial charge in [-0.05, 0) is 38.5 Å². The molecule has 0 aliphatic carbocycles. The normalized spacial score (nSPS) is 11.6. The fourth-order valence-corrected chi connectivity index (χ4v) is 9.23. The van der Waals surface area contributed by atoms with Crippen LogP contribution in [-0.2, 0) is 4.74 Å². The molecule has 0 aliphatic rings. The van der Waals surface area contributed by atoms with Crippen molar-refractivity contribution in [2.45, 2.75) is 136 Å². The van der Waals surface area contributed by atoms with Crippen molar-refractivity contribution in [2.75, 3.05) is 38.4 Å². The number of rotatable bonds is 24. The number of ether oxygens (including phenoxy) is 1. The lowest BCUT2D eigenvalue weighted by Gasteiger charge is -2.28. The molecule has 0 aromatic rings. The summed E-state index contributed by atoms with van der Waals surface area (Å²) >= 11 is 0. The van der Waals surface area contributed by atoms with E-state index in [2.05, 4.69) is 20.8 Å². The van der Waals surface area contributed by atoms with Crippen molar-refractivity contribution >= 4 is 7.26 Å². The van der Waals surface area contributed by atoms with Crippen LogP contribution >= 0.6 is 7.26 Å². The third-order valence-electron chi connectivity index (χ3n) is 6.73. The number of unbranched alkanes of at least 4 members (excludes halogenated alkanes) is 15. The summed E-state index contributed by atoms with van der Waals surface area (Å²) in [5.41, 5.74) is 0. The van der Waals surface area contributed by atoms with Gasteiger partial charge < -0.3 is 17.1 Å². The lowest BCUT2D eigenvalue weighted by Crippen LogP contribution is -3.00. The molecular weight excluding hydrogens is 407 g/mol. The first-order valence-corrected chi connectivity index (χ1v) is 16.1. The van der Waals surface area contributed by atoms with E-state index in [0.717, 1.165) is 6.61 Å². The lowest BCUT2D eigenvalue weighted by molar-refractivity contribution is -0.00000702. The highest BCUT2D eigenvalue weighted by molar-refractivity contribution is 7.75. The molecule has 184 valence electrons. The molecule has 0 spiro atoms. The smallest absolute Gasteiger partial charge is 0.0828 e. The van der Waals surface area contributed by atoms with Crippen LogP contribution in [0.4, 0.5) is 0 Å². The Balaban J connectivity index is 0. The molecule has 1 nitrogen and oxygen atoms in total. The second-order valence-electron chi connectivity index (χ2n) is 9.53. The van der Waals surface area contributed by atoms with Crippen LogP contribution in [0.5, 0.6) is 0 Å². The minimum atomic E-state index is -0.804. The zero-order valence-corrected chi connectivity index (χ0v) is 23.1. The van der Waals surface area contributed by atoms with Gasteiger partial charge in [0.15, 0.2) is 0 Å². The number of hydrogen-bond donors (Lipinski definition) is 0. The Bertz CT molecular complexity index is 270. The van der Waals surface area contributed by atoms with Gasteiger partial charge in [0.2, 0.25) is 0 Å². The van der Waals surface area contributed by atoms with Crippen molar-refractivity contribution in [2.24, 2.45) is 0 Å². The van der Waals surface area contributed by atoms with E-state index in [1.165, 1.54) is 122 Å². The van der Waals surface area contributed by atoms with Crippen molar-refractivity contribution in [1.29, 1.82) is 0 Å². The molecule has 0 rings (SSSR count). The summed E-state index contributed by atoms with van der Waals surface area (Å²) in [7, 11) is 1.11. The topological polar surface area (TPSA) is 9.23 Å². The third kappa shape index (κ3) is 20.6. The van der Waals surface area contributed by atoms with E-state index < -0.39 is 7.26 Å². The van der Waals surface area contributed by atoms with Crippen LogP contribution in [0.3, 0.4) is 0 Å². The minimum Gasteiger partial charge on any atom is -1.00 e. The first-order valence-electron chi connectivity index (χ1n) is 13.6. The van der Waals surface area contributed by atoms with E-state index in [-0.39, 0.29) is 12.4 Å². The van der Waals surface area contributed by atoms with Crippen molar-refractivity contribution in [3.05, 3.63) is 0 Å². The Morgan fingerprint density at radius 1 is 0.433 bits per heavy atom. The van der Waals surface area contributed by atoms with E-state index in [9.17, 15) is 0 Å². The molecule has 0 N–H and O–H groups in total. The lowest BCUT2D eigenvalue weighted by atomic mass is 10.1. The van der Waals surface area contributed by atoms with Gasteiger partial charge in [-0.2, -0.15) is 0 Å². The van der Waals surface area contributed by atoms with Crippen LogP contribution in [0.2, 0.25) is 0 Å². The number of hydrogen-bond acceptors (Lipinski definition) is 1. The van der Waals surface area contributed by atoms with E-state index in [0.29, 0.717) is 0 Å². The maximum Gasteiger partial charge on any atom is 0.0828 e. The van der Waals surface area contributed by atoms with Crippen LogP contribution in [0.25, 0.3) is 0 Å². The van der Waals surface area contributed by atoms with E-state index >= 15 is 0 Å². The molecular formula is C27H58ClOP. The van der Waals surface area contributed by atoms with Gasteiger partial charge in [0.1, 0.15) is 0 Å². The standard InChI is InChI=1S/C27H58OP.ClH/c1-5-8-11-14-17-20-24-29(27-23-28-4,25-21-18-15-12-9-6-2)26-22-19-16-13-10-7-3;/h5-27H2,1-4H3;1H/q+1;/p-1. The fraction of sp³-hybridized carbons (Fsp3) is 1.00. The summed E-state index contributed by atoms with van der Waals surface area (Å²) in [6, 6.07) is 0. The summed E-state index contributed by atoms with van der Waals surface area (Å²) < 4.78 is 5.60. The molecule has 0 amide bonds. The summed E-state index contributed by atoms with van der Waals surface area (Å²) in [6.07, 6.45) is 32.1. The summed E-state index contributed by atoms with van der Waals surface area (Å²) in [5, 5.41) is 0. The predicted molar refractivity (Wildman–Crippen MR) is 138 cm³/mol. The van der Waals surface area contributed by atoms with Crippen molar-refractivity contribution in [3.63, 3.8) is 0 Å². The monoisotopic (exact) mass is 464 g/mol. The molecule has 0 aliphatic heterocycles. The van der Waals surface area contributed by atoms with Crippen LogP contribution in [-0.4, -0.2) is 38.4 Å². The quantitative estimate of drug-likeness (QED) is 0.113. The van der Waals surface area contributed by atoms with Crippen molar-refractivity contribution < 1.29 is 17.1 Å². The molecule has 0 atom stereocenters. The summed E-state index contributed by atoms with van der Waals surface area (Å²) in [6.45, 7) is 7.97.